The zero-order valence-electron chi connectivity index (χ0n) is 10.7. The third-order valence-electron chi connectivity index (χ3n) is 3.74. The van der Waals surface area contributed by atoms with Gasteiger partial charge in [-0.05, 0) is 31.4 Å². The summed E-state index contributed by atoms with van der Waals surface area (Å²) in [6.07, 6.45) is 8.40. The Morgan fingerprint density at radius 1 is 1.29 bits per heavy atom. The Labute approximate surface area is 103 Å². The number of hydrogen-bond acceptors (Lipinski definition) is 3. The fraction of sp³-hybridized carbons (Fsp3) is 0.714. The van der Waals surface area contributed by atoms with Crippen LogP contribution in [0.4, 0.5) is 0 Å². The number of hydrogen-bond donors (Lipinski definition) is 2. The highest BCUT2D eigenvalue weighted by Gasteiger charge is 2.27. The zero-order valence-corrected chi connectivity index (χ0v) is 10.7. The summed E-state index contributed by atoms with van der Waals surface area (Å²) in [5, 5.41) is 13.8. The van der Waals surface area contributed by atoms with Crippen molar-refractivity contribution in [2.75, 3.05) is 6.54 Å². The number of aliphatic hydroxyl groups is 1. The quantitative estimate of drug-likeness (QED) is 0.791. The van der Waals surface area contributed by atoms with Crippen LogP contribution in [0.3, 0.4) is 0 Å². The fourth-order valence-corrected chi connectivity index (χ4v) is 2.56. The lowest BCUT2D eigenvalue weighted by Gasteiger charge is -2.26. The molecule has 2 N–H and O–H groups in total. The van der Waals surface area contributed by atoms with Crippen LogP contribution in [0.15, 0.2) is 16.7 Å². The Morgan fingerprint density at radius 2 is 2.00 bits per heavy atom. The fourth-order valence-electron chi connectivity index (χ4n) is 2.56. The highest BCUT2D eigenvalue weighted by atomic mass is 16.3. The molecule has 0 saturated heterocycles. The van der Waals surface area contributed by atoms with Gasteiger partial charge in [-0.15, -0.1) is 0 Å². The van der Waals surface area contributed by atoms with Crippen molar-refractivity contribution < 1.29 is 9.52 Å². The van der Waals surface area contributed by atoms with E-state index in [4.69, 9.17) is 4.42 Å². The molecule has 3 heteroatoms. The molecule has 0 amide bonds. The molecular weight excluding hydrogens is 214 g/mol. The minimum Gasteiger partial charge on any atom is -0.468 e. The van der Waals surface area contributed by atoms with Crippen LogP contribution in [0.5, 0.6) is 0 Å². The molecule has 17 heavy (non-hydrogen) atoms. The maximum atomic E-state index is 10.5. The van der Waals surface area contributed by atoms with Gasteiger partial charge in [-0.2, -0.15) is 0 Å². The first-order valence-electron chi connectivity index (χ1n) is 6.66. The molecule has 0 radical (unpaired) electrons. The van der Waals surface area contributed by atoms with Crippen molar-refractivity contribution in [1.29, 1.82) is 0 Å². The lowest BCUT2D eigenvalue weighted by Crippen LogP contribution is -2.39. The molecule has 1 aliphatic carbocycles. The summed E-state index contributed by atoms with van der Waals surface area (Å²) >= 11 is 0. The van der Waals surface area contributed by atoms with Gasteiger partial charge in [0.2, 0.25) is 0 Å². The van der Waals surface area contributed by atoms with Gasteiger partial charge in [-0.3, -0.25) is 0 Å². The molecule has 0 aliphatic heterocycles. The van der Waals surface area contributed by atoms with E-state index in [-0.39, 0.29) is 0 Å². The first-order valence-corrected chi connectivity index (χ1v) is 6.66. The van der Waals surface area contributed by atoms with Gasteiger partial charge in [0.25, 0.3) is 0 Å². The molecule has 1 aliphatic rings. The van der Waals surface area contributed by atoms with Gasteiger partial charge in [0.1, 0.15) is 5.76 Å². The van der Waals surface area contributed by atoms with Crippen LogP contribution in [0.25, 0.3) is 0 Å². The van der Waals surface area contributed by atoms with Gasteiger partial charge >= 0.3 is 0 Å². The van der Waals surface area contributed by atoms with Crippen molar-refractivity contribution in [3.05, 3.63) is 23.7 Å². The van der Waals surface area contributed by atoms with Crippen LogP contribution in [0, 0.1) is 6.92 Å². The van der Waals surface area contributed by atoms with E-state index in [0.717, 1.165) is 31.4 Å². The van der Waals surface area contributed by atoms with Crippen molar-refractivity contribution >= 4 is 0 Å². The first-order chi connectivity index (χ1) is 8.20. The van der Waals surface area contributed by atoms with E-state index < -0.39 is 5.60 Å². The monoisotopic (exact) mass is 237 g/mol. The maximum absolute atomic E-state index is 10.5. The number of nitrogens with one attached hydrogen (secondary N) is 1. The van der Waals surface area contributed by atoms with E-state index in [1.54, 1.807) is 6.26 Å². The van der Waals surface area contributed by atoms with Crippen LogP contribution >= 0.6 is 0 Å². The summed E-state index contributed by atoms with van der Waals surface area (Å²) in [5.41, 5.74) is 0.669. The molecule has 96 valence electrons. The Hall–Kier alpha value is -0.800. The standard InChI is InChI=1S/C14H23NO2/c1-12-6-9-17-13(12)10-15-11-14(16)7-4-2-3-5-8-14/h6,9,15-16H,2-5,7-8,10-11H2,1H3. The summed E-state index contributed by atoms with van der Waals surface area (Å²) < 4.78 is 5.37. The average molecular weight is 237 g/mol. The average Bonchev–Trinajstić information content (AvgIpc) is 2.58. The van der Waals surface area contributed by atoms with E-state index in [1.807, 2.05) is 13.0 Å². The SMILES string of the molecule is Cc1ccoc1CNCC1(O)CCCCCC1. The summed E-state index contributed by atoms with van der Waals surface area (Å²) in [7, 11) is 0. The third-order valence-corrected chi connectivity index (χ3v) is 3.74. The van der Waals surface area contributed by atoms with Crippen molar-refractivity contribution in [2.45, 2.75) is 57.6 Å². The van der Waals surface area contributed by atoms with Gasteiger partial charge in [0, 0.05) is 6.54 Å². The topological polar surface area (TPSA) is 45.4 Å². The minimum absolute atomic E-state index is 0.503. The van der Waals surface area contributed by atoms with Gasteiger partial charge in [-0.1, -0.05) is 25.7 Å². The van der Waals surface area contributed by atoms with E-state index in [9.17, 15) is 5.11 Å². The molecule has 0 unspecified atom stereocenters. The van der Waals surface area contributed by atoms with Crippen LogP contribution in [-0.4, -0.2) is 17.3 Å². The van der Waals surface area contributed by atoms with Gasteiger partial charge in [-0.25, -0.2) is 0 Å². The van der Waals surface area contributed by atoms with Crippen LogP contribution in [-0.2, 0) is 6.54 Å². The molecule has 1 aromatic rings. The summed E-state index contributed by atoms with van der Waals surface area (Å²) in [6.45, 7) is 3.43. The van der Waals surface area contributed by atoms with Crippen molar-refractivity contribution in [1.82, 2.24) is 5.32 Å². The molecule has 0 aromatic carbocycles. The maximum Gasteiger partial charge on any atom is 0.120 e. The number of aryl methyl sites for hydroxylation is 1. The number of rotatable bonds is 4. The summed E-state index contributed by atoms with van der Waals surface area (Å²) in [4.78, 5) is 0. The number of furan rings is 1. The van der Waals surface area contributed by atoms with Crippen LogP contribution in [0.1, 0.15) is 49.8 Å². The second-order valence-electron chi connectivity index (χ2n) is 5.27. The van der Waals surface area contributed by atoms with Crippen LogP contribution in [0.2, 0.25) is 0 Å². The molecule has 3 nitrogen and oxygen atoms in total. The van der Waals surface area contributed by atoms with Crippen molar-refractivity contribution in [3.63, 3.8) is 0 Å². The van der Waals surface area contributed by atoms with E-state index in [2.05, 4.69) is 5.32 Å². The lowest BCUT2D eigenvalue weighted by atomic mass is 9.94. The zero-order chi connectivity index (χ0) is 12.1. The van der Waals surface area contributed by atoms with Gasteiger partial charge in [0.05, 0.1) is 18.4 Å². The summed E-state index contributed by atoms with van der Waals surface area (Å²) in [5.74, 6) is 0.974. The van der Waals surface area contributed by atoms with E-state index >= 15 is 0 Å². The second kappa shape index (κ2) is 5.69. The first kappa shape index (κ1) is 12.7. The highest BCUT2D eigenvalue weighted by molar-refractivity contribution is 5.14. The normalized spacial score (nSPS) is 20.1. The molecule has 1 heterocycles. The predicted molar refractivity (Wildman–Crippen MR) is 67.8 cm³/mol. The molecule has 0 bridgehead atoms. The molecule has 1 fully saturated rings. The smallest absolute Gasteiger partial charge is 0.120 e. The Bertz CT molecular complexity index is 338. The van der Waals surface area contributed by atoms with E-state index in [0.29, 0.717) is 13.1 Å². The van der Waals surface area contributed by atoms with Gasteiger partial charge < -0.3 is 14.8 Å². The minimum atomic E-state index is -0.503. The van der Waals surface area contributed by atoms with Crippen LogP contribution < -0.4 is 5.32 Å². The lowest BCUT2D eigenvalue weighted by molar-refractivity contribution is 0.0247. The molecule has 1 saturated carbocycles. The molecule has 2 rings (SSSR count). The Balaban J connectivity index is 1.79. The predicted octanol–water partition coefficient (Wildman–Crippen LogP) is 2.76. The Morgan fingerprint density at radius 3 is 2.59 bits per heavy atom. The van der Waals surface area contributed by atoms with Crippen molar-refractivity contribution in [3.8, 4) is 0 Å². The van der Waals surface area contributed by atoms with Crippen molar-refractivity contribution in [2.24, 2.45) is 0 Å². The molecular formula is C14H23NO2. The largest absolute Gasteiger partial charge is 0.468 e. The van der Waals surface area contributed by atoms with E-state index in [1.165, 1.54) is 18.4 Å². The Kier molecular flexibility index (Phi) is 4.24. The summed E-state index contributed by atoms with van der Waals surface area (Å²) in [6, 6.07) is 1.97. The second-order valence-corrected chi connectivity index (χ2v) is 5.27. The molecule has 1 aromatic heterocycles. The van der Waals surface area contributed by atoms with Gasteiger partial charge in [0.15, 0.2) is 0 Å². The molecule has 0 atom stereocenters. The highest BCUT2D eigenvalue weighted by Crippen LogP contribution is 2.26. The third kappa shape index (κ3) is 3.58. The molecule has 0 spiro atoms.